The summed E-state index contributed by atoms with van der Waals surface area (Å²) in [4.78, 5) is 16.1. The van der Waals surface area contributed by atoms with Gasteiger partial charge in [-0.3, -0.25) is 9.78 Å². The maximum absolute atomic E-state index is 13.9. The molecule has 8 heteroatoms. The van der Waals surface area contributed by atoms with Gasteiger partial charge in [0.15, 0.2) is 0 Å². The highest BCUT2D eigenvalue weighted by Gasteiger charge is 2.28. The van der Waals surface area contributed by atoms with E-state index in [-0.39, 0.29) is 21.9 Å². The predicted octanol–water partition coefficient (Wildman–Crippen LogP) is 3.16. The summed E-state index contributed by atoms with van der Waals surface area (Å²) >= 11 is 0. The van der Waals surface area contributed by atoms with Gasteiger partial charge in [-0.15, -0.1) is 0 Å². The molecule has 1 aromatic carbocycles. The Kier molecular flexibility index (Phi) is 5.76. The van der Waals surface area contributed by atoms with Crippen LogP contribution < -0.4 is 4.72 Å². The minimum Gasteiger partial charge on any atom is -0.365 e. The molecule has 146 valence electrons. The van der Waals surface area contributed by atoms with E-state index in [0.717, 1.165) is 37.8 Å². The van der Waals surface area contributed by atoms with Crippen molar-refractivity contribution >= 4 is 26.8 Å². The van der Waals surface area contributed by atoms with E-state index in [1.807, 2.05) is 4.72 Å². The minimum absolute atomic E-state index is 0.0481. The predicted molar refractivity (Wildman–Crippen MR) is 99.0 cm³/mol. The van der Waals surface area contributed by atoms with Gasteiger partial charge in [-0.05, 0) is 49.9 Å². The van der Waals surface area contributed by atoms with Gasteiger partial charge in [-0.1, -0.05) is 19.8 Å². The summed E-state index contributed by atoms with van der Waals surface area (Å²) in [5.41, 5.74) is -0.0617. The molecule has 0 radical (unpaired) electrons. The van der Waals surface area contributed by atoms with Crippen LogP contribution in [0.5, 0.6) is 0 Å². The molecule has 0 spiro atoms. The Balaban J connectivity index is 1.76. The van der Waals surface area contributed by atoms with Crippen LogP contribution in [0.3, 0.4) is 0 Å². The van der Waals surface area contributed by atoms with Crippen LogP contribution in [-0.2, 0) is 19.6 Å². The van der Waals surface area contributed by atoms with Crippen molar-refractivity contribution in [1.29, 1.82) is 0 Å². The summed E-state index contributed by atoms with van der Waals surface area (Å²) in [6.45, 7) is 3.67. The lowest BCUT2D eigenvalue weighted by molar-refractivity contribution is -0.135. The van der Waals surface area contributed by atoms with Crippen molar-refractivity contribution in [3.8, 4) is 0 Å². The van der Waals surface area contributed by atoms with E-state index in [1.54, 1.807) is 0 Å². The van der Waals surface area contributed by atoms with Crippen LogP contribution in [-0.4, -0.2) is 31.5 Å². The standard InChI is InChI=1S/C19H23FN2O4S/c1-12-5-3-6-14(11-12)26-13(2)19(23)22-27(24,25)17-9-8-16(20)18-15(17)7-4-10-21-18/h4,7-10,12-14H,3,5-6,11H2,1-2H3,(H,22,23). The van der Waals surface area contributed by atoms with Crippen molar-refractivity contribution in [2.24, 2.45) is 5.92 Å². The SMILES string of the molecule is CC1CCCC(OC(C)C(=O)NS(=O)(=O)c2ccc(F)c3ncccc23)C1. The van der Waals surface area contributed by atoms with E-state index in [4.69, 9.17) is 4.74 Å². The van der Waals surface area contributed by atoms with Crippen LogP contribution >= 0.6 is 0 Å². The van der Waals surface area contributed by atoms with Crippen molar-refractivity contribution in [2.45, 2.75) is 56.6 Å². The zero-order chi connectivity index (χ0) is 19.6. The first-order valence-corrected chi connectivity index (χ1v) is 10.5. The third-order valence-corrected chi connectivity index (χ3v) is 6.26. The molecule has 6 nitrogen and oxygen atoms in total. The Hall–Kier alpha value is -2.06. The monoisotopic (exact) mass is 394 g/mol. The highest BCUT2D eigenvalue weighted by molar-refractivity contribution is 7.90. The number of halogens is 1. The van der Waals surface area contributed by atoms with Crippen molar-refractivity contribution in [3.63, 3.8) is 0 Å². The van der Waals surface area contributed by atoms with Crippen molar-refractivity contribution in [1.82, 2.24) is 9.71 Å². The summed E-state index contributed by atoms with van der Waals surface area (Å²) < 4.78 is 47.0. The molecule has 1 aliphatic carbocycles. The highest BCUT2D eigenvalue weighted by atomic mass is 32.2. The van der Waals surface area contributed by atoms with Gasteiger partial charge in [0.1, 0.15) is 17.4 Å². The number of amides is 1. The molecular weight excluding hydrogens is 371 g/mol. The molecule has 0 bridgehead atoms. The molecule has 3 rings (SSSR count). The molecule has 1 heterocycles. The highest BCUT2D eigenvalue weighted by Crippen LogP contribution is 2.27. The van der Waals surface area contributed by atoms with Crippen molar-refractivity contribution < 1.29 is 22.3 Å². The Labute approximate surface area is 158 Å². The van der Waals surface area contributed by atoms with Crippen molar-refractivity contribution in [3.05, 3.63) is 36.3 Å². The second-order valence-electron chi connectivity index (χ2n) is 7.09. The lowest BCUT2D eigenvalue weighted by atomic mass is 9.88. The normalized spacial score (nSPS) is 21.7. The van der Waals surface area contributed by atoms with Crippen LogP contribution in [0.4, 0.5) is 4.39 Å². The molecule has 3 unspecified atom stereocenters. The van der Waals surface area contributed by atoms with Crippen molar-refractivity contribution in [2.75, 3.05) is 0 Å². The van der Waals surface area contributed by atoms with Crippen LogP contribution in [0.15, 0.2) is 35.4 Å². The molecule has 1 amide bonds. The first-order chi connectivity index (χ1) is 12.8. The van der Waals surface area contributed by atoms with Gasteiger partial charge in [0.25, 0.3) is 15.9 Å². The average molecular weight is 394 g/mol. The number of benzene rings is 1. The quantitative estimate of drug-likeness (QED) is 0.842. The van der Waals surface area contributed by atoms with Crippen LogP contribution in [0.25, 0.3) is 10.9 Å². The lowest BCUT2D eigenvalue weighted by Crippen LogP contribution is -2.40. The van der Waals surface area contributed by atoms with E-state index in [9.17, 15) is 17.6 Å². The zero-order valence-electron chi connectivity index (χ0n) is 15.3. The molecule has 2 aromatic rings. The van der Waals surface area contributed by atoms with Gasteiger partial charge >= 0.3 is 0 Å². The third-order valence-electron chi connectivity index (χ3n) is 4.86. The van der Waals surface area contributed by atoms with E-state index in [1.165, 1.54) is 25.3 Å². The summed E-state index contributed by atoms with van der Waals surface area (Å²) in [5.74, 6) is -0.839. The number of hydrogen-bond donors (Lipinski definition) is 1. The molecule has 0 saturated heterocycles. The summed E-state index contributed by atoms with van der Waals surface area (Å²) in [6.07, 6.45) is 4.32. The average Bonchev–Trinajstić information content (AvgIpc) is 2.61. The third kappa shape index (κ3) is 4.44. The Bertz CT molecular complexity index is 948. The number of sulfonamides is 1. The Morgan fingerprint density at radius 2 is 2.11 bits per heavy atom. The smallest absolute Gasteiger partial charge is 0.264 e. The number of nitrogens with one attached hydrogen (secondary N) is 1. The van der Waals surface area contributed by atoms with Gasteiger partial charge in [-0.25, -0.2) is 17.5 Å². The van der Waals surface area contributed by atoms with Crippen LogP contribution in [0.1, 0.15) is 39.5 Å². The second kappa shape index (κ2) is 7.90. The van der Waals surface area contributed by atoms with E-state index >= 15 is 0 Å². The number of hydrogen-bond acceptors (Lipinski definition) is 5. The maximum atomic E-state index is 13.9. The van der Waals surface area contributed by atoms with Gasteiger partial charge in [0.2, 0.25) is 0 Å². The topological polar surface area (TPSA) is 85.4 Å². The van der Waals surface area contributed by atoms with E-state index < -0.39 is 27.9 Å². The molecule has 1 fully saturated rings. The molecule has 1 N–H and O–H groups in total. The minimum atomic E-state index is -4.19. The Morgan fingerprint density at radius 3 is 2.85 bits per heavy atom. The fourth-order valence-corrected chi connectivity index (χ4v) is 4.71. The molecule has 0 aliphatic heterocycles. The fourth-order valence-electron chi connectivity index (χ4n) is 3.47. The summed E-state index contributed by atoms with van der Waals surface area (Å²) in [6, 6.07) is 5.12. The number of fused-ring (bicyclic) bond motifs is 1. The largest absolute Gasteiger partial charge is 0.365 e. The molecule has 1 aromatic heterocycles. The number of aromatic nitrogens is 1. The van der Waals surface area contributed by atoms with E-state index in [2.05, 4.69) is 11.9 Å². The first kappa shape index (κ1) is 19.7. The zero-order valence-corrected chi connectivity index (χ0v) is 16.1. The van der Waals surface area contributed by atoms with Gasteiger partial charge in [0.05, 0.1) is 11.0 Å². The number of rotatable bonds is 5. The Morgan fingerprint density at radius 1 is 1.33 bits per heavy atom. The first-order valence-electron chi connectivity index (χ1n) is 9.03. The number of carbonyl (C=O) groups is 1. The molecule has 1 saturated carbocycles. The van der Waals surface area contributed by atoms with Gasteiger partial charge < -0.3 is 4.74 Å². The molecule has 3 atom stereocenters. The van der Waals surface area contributed by atoms with Crippen LogP contribution in [0.2, 0.25) is 0 Å². The number of pyridine rings is 1. The van der Waals surface area contributed by atoms with Gasteiger partial charge in [-0.2, -0.15) is 0 Å². The summed E-state index contributed by atoms with van der Waals surface area (Å²) in [7, 11) is -4.19. The molecule has 27 heavy (non-hydrogen) atoms. The number of ether oxygens (including phenoxy) is 1. The lowest BCUT2D eigenvalue weighted by Gasteiger charge is -2.28. The number of carbonyl (C=O) groups excluding carboxylic acids is 1. The van der Waals surface area contributed by atoms with Crippen LogP contribution in [0, 0.1) is 11.7 Å². The maximum Gasteiger partial charge on any atom is 0.264 e. The fraction of sp³-hybridized carbons (Fsp3) is 0.474. The number of nitrogens with zero attached hydrogens (tertiary/aromatic N) is 1. The second-order valence-corrected chi connectivity index (χ2v) is 8.74. The molecule has 1 aliphatic rings. The summed E-state index contributed by atoms with van der Waals surface area (Å²) in [5, 5.41) is 0.118. The van der Waals surface area contributed by atoms with Gasteiger partial charge in [0, 0.05) is 11.6 Å². The molecular formula is C19H23FN2O4S. The van der Waals surface area contributed by atoms with E-state index in [0.29, 0.717) is 5.92 Å².